The third-order valence-electron chi connectivity index (χ3n) is 1.82. The van der Waals surface area contributed by atoms with E-state index in [9.17, 15) is 0 Å². The van der Waals surface area contributed by atoms with Gasteiger partial charge in [0.1, 0.15) is 6.07 Å². The largest absolute Gasteiger partial charge is 0.248 e. The minimum absolute atomic E-state index is 0.461. The van der Waals surface area contributed by atoms with E-state index in [0.29, 0.717) is 11.6 Å². The van der Waals surface area contributed by atoms with Crippen LogP contribution in [0.1, 0.15) is 32.2 Å². The molecule has 70 valence electrons. The van der Waals surface area contributed by atoms with Gasteiger partial charge in [-0.3, -0.25) is 0 Å². The molecule has 0 spiro atoms. The van der Waals surface area contributed by atoms with E-state index in [1.807, 2.05) is 17.7 Å². The van der Waals surface area contributed by atoms with Gasteiger partial charge in [0, 0.05) is 6.54 Å². The molecule has 0 fully saturated rings. The van der Waals surface area contributed by atoms with Crippen molar-refractivity contribution in [1.29, 1.82) is 5.26 Å². The van der Waals surface area contributed by atoms with Crippen LogP contribution in [0.3, 0.4) is 0 Å². The lowest BCUT2D eigenvalue weighted by Gasteiger charge is -2.06. The van der Waals surface area contributed by atoms with Crippen LogP contribution in [0.25, 0.3) is 0 Å². The van der Waals surface area contributed by atoms with Gasteiger partial charge in [0.25, 0.3) is 0 Å². The number of hydrogen-bond donors (Lipinski definition) is 0. The molecule has 0 aliphatic heterocycles. The SMILES string of the molecule is CCc1c(C#N)nnn1CC(C)C. The summed E-state index contributed by atoms with van der Waals surface area (Å²) in [4.78, 5) is 0. The molecule has 0 aromatic carbocycles. The molecule has 0 radical (unpaired) electrons. The van der Waals surface area contributed by atoms with Crippen LogP contribution >= 0.6 is 0 Å². The van der Waals surface area contributed by atoms with E-state index in [2.05, 4.69) is 24.2 Å². The van der Waals surface area contributed by atoms with Crippen LogP contribution in [-0.4, -0.2) is 15.0 Å². The van der Waals surface area contributed by atoms with E-state index in [1.165, 1.54) is 0 Å². The van der Waals surface area contributed by atoms with Crippen LogP contribution in [0.15, 0.2) is 0 Å². The van der Waals surface area contributed by atoms with Crippen molar-refractivity contribution in [3.8, 4) is 6.07 Å². The second-order valence-corrected chi connectivity index (χ2v) is 3.43. The van der Waals surface area contributed by atoms with Crippen molar-refractivity contribution in [2.75, 3.05) is 0 Å². The van der Waals surface area contributed by atoms with Gasteiger partial charge in [-0.25, -0.2) is 4.68 Å². The molecule has 1 heterocycles. The molecule has 1 rings (SSSR count). The predicted molar refractivity (Wildman–Crippen MR) is 49.0 cm³/mol. The van der Waals surface area contributed by atoms with E-state index in [4.69, 9.17) is 5.26 Å². The third kappa shape index (κ3) is 2.05. The van der Waals surface area contributed by atoms with E-state index >= 15 is 0 Å². The molecule has 1 aromatic rings. The van der Waals surface area contributed by atoms with Gasteiger partial charge in [-0.05, 0) is 12.3 Å². The average Bonchev–Trinajstić information content (AvgIpc) is 2.45. The molecular weight excluding hydrogens is 164 g/mol. The Morgan fingerprint density at radius 1 is 1.54 bits per heavy atom. The van der Waals surface area contributed by atoms with Crippen LogP contribution in [0.2, 0.25) is 0 Å². The van der Waals surface area contributed by atoms with Crippen molar-refractivity contribution in [3.05, 3.63) is 11.4 Å². The lowest BCUT2D eigenvalue weighted by molar-refractivity contribution is 0.460. The van der Waals surface area contributed by atoms with Gasteiger partial charge in [-0.15, -0.1) is 5.10 Å². The lowest BCUT2D eigenvalue weighted by atomic mass is 10.2. The zero-order valence-corrected chi connectivity index (χ0v) is 8.28. The Bertz CT molecular complexity index is 319. The summed E-state index contributed by atoms with van der Waals surface area (Å²) in [5, 5.41) is 16.5. The predicted octanol–water partition coefficient (Wildman–Crippen LogP) is 1.37. The van der Waals surface area contributed by atoms with Crippen molar-refractivity contribution in [2.45, 2.75) is 33.7 Å². The number of aromatic nitrogens is 3. The van der Waals surface area contributed by atoms with Gasteiger partial charge < -0.3 is 0 Å². The zero-order valence-electron chi connectivity index (χ0n) is 8.28. The van der Waals surface area contributed by atoms with Crippen molar-refractivity contribution >= 4 is 0 Å². The zero-order chi connectivity index (χ0) is 9.84. The first-order chi connectivity index (χ1) is 6.19. The molecular formula is C9H14N4. The topological polar surface area (TPSA) is 54.5 Å². The highest BCUT2D eigenvalue weighted by Gasteiger charge is 2.10. The number of nitriles is 1. The highest BCUT2D eigenvalue weighted by atomic mass is 15.4. The highest BCUT2D eigenvalue weighted by Crippen LogP contribution is 2.07. The maximum absolute atomic E-state index is 8.73. The van der Waals surface area contributed by atoms with Crippen molar-refractivity contribution < 1.29 is 0 Å². The van der Waals surface area contributed by atoms with E-state index in [0.717, 1.165) is 18.7 Å². The molecule has 0 aliphatic rings. The van der Waals surface area contributed by atoms with E-state index in [1.54, 1.807) is 0 Å². The van der Waals surface area contributed by atoms with Gasteiger partial charge in [-0.2, -0.15) is 5.26 Å². The summed E-state index contributed by atoms with van der Waals surface area (Å²) >= 11 is 0. The minimum atomic E-state index is 0.461. The average molecular weight is 178 g/mol. The van der Waals surface area contributed by atoms with Crippen LogP contribution in [0.5, 0.6) is 0 Å². The monoisotopic (exact) mass is 178 g/mol. The Balaban J connectivity index is 2.96. The van der Waals surface area contributed by atoms with Crippen LogP contribution in [0, 0.1) is 17.2 Å². The molecule has 0 amide bonds. The summed E-state index contributed by atoms with van der Waals surface area (Å²) in [6.07, 6.45) is 0.808. The van der Waals surface area contributed by atoms with E-state index in [-0.39, 0.29) is 0 Å². The summed E-state index contributed by atoms with van der Waals surface area (Å²) in [7, 11) is 0. The molecule has 4 nitrogen and oxygen atoms in total. The standard InChI is InChI=1S/C9H14N4/c1-4-9-8(5-10)11-12-13(9)6-7(2)3/h7H,4,6H2,1-3H3. The molecule has 0 N–H and O–H groups in total. The quantitative estimate of drug-likeness (QED) is 0.702. The summed E-state index contributed by atoms with van der Waals surface area (Å²) in [5.74, 6) is 0.526. The Morgan fingerprint density at radius 2 is 2.23 bits per heavy atom. The summed E-state index contributed by atoms with van der Waals surface area (Å²) in [6.45, 7) is 7.08. The maximum atomic E-state index is 8.73. The first-order valence-corrected chi connectivity index (χ1v) is 4.51. The van der Waals surface area contributed by atoms with Gasteiger partial charge in [0.05, 0.1) is 5.69 Å². The summed E-state index contributed by atoms with van der Waals surface area (Å²) < 4.78 is 1.82. The second-order valence-electron chi connectivity index (χ2n) is 3.43. The fourth-order valence-corrected chi connectivity index (χ4v) is 1.26. The van der Waals surface area contributed by atoms with E-state index < -0.39 is 0 Å². The van der Waals surface area contributed by atoms with Crippen LogP contribution in [0.4, 0.5) is 0 Å². The molecule has 0 saturated heterocycles. The van der Waals surface area contributed by atoms with Gasteiger partial charge in [-0.1, -0.05) is 26.0 Å². The lowest BCUT2D eigenvalue weighted by Crippen LogP contribution is -2.09. The fraction of sp³-hybridized carbons (Fsp3) is 0.667. The number of hydrogen-bond acceptors (Lipinski definition) is 3. The van der Waals surface area contributed by atoms with Gasteiger partial charge in [0.2, 0.25) is 0 Å². The summed E-state index contributed by atoms with van der Waals surface area (Å²) in [6, 6.07) is 2.05. The fourth-order valence-electron chi connectivity index (χ4n) is 1.26. The first kappa shape index (κ1) is 9.72. The highest BCUT2D eigenvalue weighted by molar-refractivity contribution is 5.24. The van der Waals surface area contributed by atoms with Crippen molar-refractivity contribution in [1.82, 2.24) is 15.0 Å². The van der Waals surface area contributed by atoms with Crippen LogP contribution in [-0.2, 0) is 13.0 Å². The minimum Gasteiger partial charge on any atom is -0.248 e. The van der Waals surface area contributed by atoms with Crippen LogP contribution < -0.4 is 0 Å². The molecule has 0 atom stereocenters. The maximum Gasteiger partial charge on any atom is 0.185 e. The van der Waals surface area contributed by atoms with Gasteiger partial charge in [0.15, 0.2) is 5.69 Å². The molecule has 0 unspecified atom stereocenters. The summed E-state index contributed by atoms with van der Waals surface area (Å²) in [5.41, 5.74) is 1.40. The molecule has 0 aliphatic carbocycles. The Labute approximate surface area is 78.2 Å². The van der Waals surface area contributed by atoms with Crippen molar-refractivity contribution in [3.63, 3.8) is 0 Å². The smallest absolute Gasteiger partial charge is 0.185 e. The molecule has 1 aromatic heterocycles. The Morgan fingerprint density at radius 3 is 2.69 bits per heavy atom. The van der Waals surface area contributed by atoms with Gasteiger partial charge >= 0.3 is 0 Å². The Hall–Kier alpha value is -1.37. The molecule has 0 bridgehead atoms. The number of rotatable bonds is 3. The normalized spacial score (nSPS) is 10.4. The second kappa shape index (κ2) is 4.04. The Kier molecular flexibility index (Phi) is 3.02. The first-order valence-electron chi connectivity index (χ1n) is 4.51. The molecule has 4 heteroatoms. The molecule has 0 saturated carbocycles. The number of nitrogens with zero attached hydrogens (tertiary/aromatic N) is 4. The third-order valence-corrected chi connectivity index (χ3v) is 1.82. The molecule has 13 heavy (non-hydrogen) atoms. The van der Waals surface area contributed by atoms with Crippen molar-refractivity contribution in [2.24, 2.45) is 5.92 Å².